The van der Waals surface area contributed by atoms with E-state index in [4.69, 9.17) is 4.74 Å². The second kappa shape index (κ2) is 7.83. The fourth-order valence-electron chi connectivity index (χ4n) is 2.44. The van der Waals surface area contributed by atoms with E-state index >= 15 is 0 Å². The van der Waals surface area contributed by atoms with Gasteiger partial charge < -0.3 is 15.2 Å². The van der Waals surface area contributed by atoms with E-state index in [1.807, 2.05) is 37.3 Å². The molecule has 2 heterocycles. The summed E-state index contributed by atoms with van der Waals surface area (Å²) in [6.07, 6.45) is 0.970. The van der Waals surface area contributed by atoms with Crippen LogP contribution in [0.3, 0.4) is 0 Å². The van der Waals surface area contributed by atoms with Gasteiger partial charge >= 0.3 is 6.03 Å². The van der Waals surface area contributed by atoms with Crippen LogP contribution in [-0.2, 0) is 0 Å². The van der Waals surface area contributed by atoms with Gasteiger partial charge in [0.1, 0.15) is 12.4 Å². The number of aromatic amines is 1. The van der Waals surface area contributed by atoms with Gasteiger partial charge in [-0.25, -0.2) is 9.78 Å². The van der Waals surface area contributed by atoms with Crippen LogP contribution in [0.25, 0.3) is 10.9 Å². The number of nitrogens with zero attached hydrogens (tertiary/aromatic N) is 2. The lowest BCUT2D eigenvalue weighted by atomic mass is 10.1. The van der Waals surface area contributed by atoms with Crippen LogP contribution in [0.5, 0.6) is 5.88 Å². The molecular formula is C18H21N5O3. The number of amides is 2. The van der Waals surface area contributed by atoms with Crippen LogP contribution in [0, 0.1) is 0 Å². The minimum atomic E-state index is -0.592. The van der Waals surface area contributed by atoms with Gasteiger partial charge in [-0.1, -0.05) is 30.3 Å². The highest BCUT2D eigenvalue weighted by molar-refractivity contribution is 5.92. The number of carbonyl (C=O) groups excluding carboxylic acids is 1. The summed E-state index contributed by atoms with van der Waals surface area (Å²) in [6.45, 7) is 3.68. The first kappa shape index (κ1) is 17.7. The minimum Gasteiger partial charge on any atom is -0.473 e. The number of aliphatic hydroxyl groups excluding tert-OH is 1. The van der Waals surface area contributed by atoms with Gasteiger partial charge in [0.15, 0.2) is 0 Å². The highest BCUT2D eigenvalue weighted by Gasteiger charge is 2.12. The number of ether oxygens (including phenoxy) is 1. The number of rotatable bonds is 6. The molecule has 136 valence electrons. The zero-order valence-electron chi connectivity index (χ0n) is 14.6. The van der Waals surface area contributed by atoms with Gasteiger partial charge in [0.2, 0.25) is 5.88 Å². The molecule has 0 bridgehead atoms. The third-order valence-corrected chi connectivity index (χ3v) is 3.76. The first-order valence-corrected chi connectivity index (χ1v) is 8.30. The van der Waals surface area contributed by atoms with Gasteiger partial charge in [0, 0.05) is 12.3 Å². The number of fused-ring (bicyclic) bond motifs is 1. The molecule has 2 amide bonds. The maximum Gasteiger partial charge on any atom is 0.320 e. The average Bonchev–Trinajstić information content (AvgIpc) is 3.02. The molecule has 0 spiro atoms. The SMILES string of the molecule is CC(O)COc1n[nH]c2cc(NC(=O)NC(C)c3ccccc3)ncc12. The molecule has 4 N–H and O–H groups in total. The smallest absolute Gasteiger partial charge is 0.320 e. The van der Waals surface area contributed by atoms with Crippen molar-refractivity contribution in [3.8, 4) is 5.88 Å². The second-order valence-electron chi connectivity index (χ2n) is 6.03. The Balaban J connectivity index is 1.64. The summed E-state index contributed by atoms with van der Waals surface area (Å²) < 4.78 is 5.41. The molecule has 2 aromatic heterocycles. The molecule has 1 aromatic carbocycles. The van der Waals surface area contributed by atoms with Crippen molar-refractivity contribution in [2.24, 2.45) is 0 Å². The number of carbonyl (C=O) groups is 1. The Kier molecular flexibility index (Phi) is 5.33. The van der Waals surface area contributed by atoms with Gasteiger partial charge in [0.05, 0.1) is 23.0 Å². The Labute approximate surface area is 150 Å². The molecule has 8 heteroatoms. The van der Waals surface area contributed by atoms with Crippen molar-refractivity contribution in [3.05, 3.63) is 48.2 Å². The number of aliphatic hydroxyl groups is 1. The third-order valence-electron chi connectivity index (χ3n) is 3.76. The van der Waals surface area contributed by atoms with Crippen LogP contribution in [0.15, 0.2) is 42.6 Å². The molecule has 2 atom stereocenters. The van der Waals surface area contributed by atoms with E-state index in [1.54, 1.807) is 19.2 Å². The summed E-state index contributed by atoms with van der Waals surface area (Å²) >= 11 is 0. The lowest BCUT2D eigenvalue weighted by molar-refractivity contribution is 0.120. The molecule has 3 rings (SSSR count). The van der Waals surface area contributed by atoms with Crippen LogP contribution in [0.4, 0.5) is 10.6 Å². The van der Waals surface area contributed by atoms with Crippen LogP contribution >= 0.6 is 0 Å². The predicted octanol–water partition coefficient (Wildman–Crippen LogP) is 2.60. The molecule has 2 unspecified atom stereocenters. The van der Waals surface area contributed by atoms with Crippen molar-refractivity contribution in [2.75, 3.05) is 11.9 Å². The monoisotopic (exact) mass is 355 g/mol. The molecule has 0 aliphatic carbocycles. The molecular weight excluding hydrogens is 334 g/mol. The summed E-state index contributed by atoms with van der Waals surface area (Å²) in [4.78, 5) is 16.4. The van der Waals surface area contributed by atoms with E-state index < -0.39 is 6.10 Å². The van der Waals surface area contributed by atoms with Gasteiger partial charge in [-0.3, -0.25) is 10.4 Å². The van der Waals surface area contributed by atoms with Crippen molar-refractivity contribution in [2.45, 2.75) is 26.0 Å². The van der Waals surface area contributed by atoms with Crippen molar-refractivity contribution < 1.29 is 14.6 Å². The normalized spacial score (nSPS) is 13.2. The highest BCUT2D eigenvalue weighted by Crippen LogP contribution is 2.23. The first-order valence-electron chi connectivity index (χ1n) is 8.30. The number of urea groups is 1. The second-order valence-corrected chi connectivity index (χ2v) is 6.03. The molecule has 0 saturated carbocycles. The van der Waals surface area contributed by atoms with Gasteiger partial charge in [-0.05, 0) is 19.4 Å². The molecule has 0 aliphatic heterocycles. The van der Waals surface area contributed by atoms with E-state index in [9.17, 15) is 9.90 Å². The van der Waals surface area contributed by atoms with Gasteiger partial charge in [0.25, 0.3) is 0 Å². The Morgan fingerprint density at radius 2 is 2.08 bits per heavy atom. The summed E-state index contributed by atoms with van der Waals surface area (Å²) in [5.74, 6) is 0.753. The van der Waals surface area contributed by atoms with E-state index in [2.05, 4.69) is 25.8 Å². The quantitative estimate of drug-likeness (QED) is 0.543. The molecule has 0 fully saturated rings. The van der Waals surface area contributed by atoms with Crippen molar-refractivity contribution in [3.63, 3.8) is 0 Å². The van der Waals surface area contributed by atoms with Crippen molar-refractivity contribution in [1.82, 2.24) is 20.5 Å². The lowest BCUT2D eigenvalue weighted by Gasteiger charge is -2.14. The molecule has 0 aliphatic rings. The van der Waals surface area contributed by atoms with Crippen LogP contribution in [0.1, 0.15) is 25.5 Å². The zero-order chi connectivity index (χ0) is 18.5. The molecule has 0 radical (unpaired) electrons. The summed E-state index contributed by atoms with van der Waals surface area (Å²) in [6, 6.07) is 10.9. The van der Waals surface area contributed by atoms with E-state index in [0.717, 1.165) is 5.56 Å². The fraction of sp³-hybridized carbons (Fsp3) is 0.278. The van der Waals surface area contributed by atoms with E-state index in [-0.39, 0.29) is 18.7 Å². The Morgan fingerprint density at radius 1 is 1.31 bits per heavy atom. The van der Waals surface area contributed by atoms with Gasteiger partial charge in [-0.15, -0.1) is 5.10 Å². The predicted molar refractivity (Wildman–Crippen MR) is 98.1 cm³/mol. The topological polar surface area (TPSA) is 112 Å². The Morgan fingerprint density at radius 3 is 2.81 bits per heavy atom. The van der Waals surface area contributed by atoms with Crippen LogP contribution < -0.4 is 15.4 Å². The summed E-state index contributed by atoms with van der Waals surface area (Å²) in [7, 11) is 0. The Bertz CT molecular complexity index is 879. The summed E-state index contributed by atoms with van der Waals surface area (Å²) in [5, 5.41) is 22.4. The largest absolute Gasteiger partial charge is 0.473 e. The van der Waals surface area contributed by atoms with Crippen molar-refractivity contribution in [1.29, 1.82) is 0 Å². The lowest BCUT2D eigenvalue weighted by Crippen LogP contribution is -2.31. The van der Waals surface area contributed by atoms with Gasteiger partial charge in [-0.2, -0.15) is 0 Å². The first-order chi connectivity index (χ1) is 12.5. The average molecular weight is 355 g/mol. The molecule has 0 saturated heterocycles. The number of anilines is 1. The maximum absolute atomic E-state index is 12.2. The van der Waals surface area contributed by atoms with Crippen molar-refractivity contribution >= 4 is 22.8 Å². The fourth-order valence-corrected chi connectivity index (χ4v) is 2.44. The molecule has 3 aromatic rings. The van der Waals surface area contributed by atoms with E-state index in [0.29, 0.717) is 22.6 Å². The molecule has 26 heavy (non-hydrogen) atoms. The number of aromatic nitrogens is 3. The number of nitrogens with one attached hydrogen (secondary N) is 3. The van der Waals surface area contributed by atoms with Crippen LogP contribution in [-0.4, -0.2) is 39.0 Å². The Hall–Kier alpha value is -3.13. The number of hydrogen-bond donors (Lipinski definition) is 4. The maximum atomic E-state index is 12.2. The third kappa shape index (κ3) is 4.28. The summed E-state index contributed by atoms with van der Waals surface area (Å²) in [5.41, 5.74) is 1.69. The number of H-pyrrole nitrogens is 1. The van der Waals surface area contributed by atoms with E-state index in [1.165, 1.54) is 0 Å². The standard InChI is InChI=1S/C18H21N5O3/c1-11(24)10-26-17-14-9-19-16(8-15(14)22-23-17)21-18(25)20-12(2)13-6-4-3-5-7-13/h3-9,11-12,24H,10H2,1-2H3,(H,22,23)(H2,19,20,21,25). The zero-order valence-corrected chi connectivity index (χ0v) is 14.6. The number of pyridine rings is 1. The highest BCUT2D eigenvalue weighted by atomic mass is 16.5. The molecule has 8 nitrogen and oxygen atoms in total. The minimum absolute atomic E-state index is 0.132. The number of benzene rings is 1. The number of hydrogen-bond acceptors (Lipinski definition) is 5. The van der Waals surface area contributed by atoms with Crippen LogP contribution in [0.2, 0.25) is 0 Å².